The van der Waals surface area contributed by atoms with Gasteiger partial charge in [0.1, 0.15) is 5.82 Å². The Morgan fingerprint density at radius 3 is 2.56 bits per heavy atom. The zero-order chi connectivity index (χ0) is 13.5. The van der Waals surface area contributed by atoms with Gasteiger partial charge in [0.05, 0.1) is 0 Å². The van der Waals surface area contributed by atoms with Crippen LogP contribution in [0.1, 0.15) is 31.9 Å². The molecule has 4 nitrogen and oxygen atoms in total. The molecule has 4 heteroatoms. The second kappa shape index (κ2) is 7.34. The third-order valence-electron chi connectivity index (χ3n) is 2.93. The summed E-state index contributed by atoms with van der Waals surface area (Å²) in [5.41, 5.74) is 7.07. The van der Waals surface area contributed by atoms with Gasteiger partial charge in [-0.3, -0.25) is 0 Å². The number of pyridine rings is 1. The van der Waals surface area contributed by atoms with Crippen LogP contribution in [0, 0.1) is 0 Å². The van der Waals surface area contributed by atoms with E-state index in [1.54, 1.807) is 0 Å². The molecule has 1 aromatic rings. The van der Waals surface area contributed by atoms with Crippen molar-refractivity contribution in [3.8, 4) is 0 Å². The van der Waals surface area contributed by atoms with Gasteiger partial charge in [0.25, 0.3) is 0 Å². The summed E-state index contributed by atoms with van der Waals surface area (Å²) in [6.07, 6.45) is 2.98. The van der Waals surface area contributed by atoms with Gasteiger partial charge in [0.2, 0.25) is 0 Å². The first-order valence-electron chi connectivity index (χ1n) is 6.65. The van der Waals surface area contributed by atoms with Crippen molar-refractivity contribution in [2.75, 3.05) is 38.6 Å². The Labute approximate surface area is 111 Å². The lowest BCUT2D eigenvalue weighted by molar-refractivity contribution is 0.412. The second-order valence-corrected chi connectivity index (χ2v) is 5.03. The summed E-state index contributed by atoms with van der Waals surface area (Å²) in [7, 11) is 4.19. The van der Waals surface area contributed by atoms with Crippen molar-refractivity contribution in [1.82, 2.24) is 9.88 Å². The van der Waals surface area contributed by atoms with Crippen LogP contribution in [0.4, 0.5) is 5.82 Å². The smallest absolute Gasteiger partial charge is 0.128 e. The van der Waals surface area contributed by atoms with E-state index >= 15 is 0 Å². The molecule has 0 aliphatic carbocycles. The summed E-state index contributed by atoms with van der Waals surface area (Å²) in [6.45, 7) is 7.25. The maximum atomic E-state index is 5.92. The molecule has 1 heterocycles. The molecule has 0 amide bonds. The Kier molecular flexibility index (Phi) is 6.09. The Morgan fingerprint density at radius 2 is 2.00 bits per heavy atom. The highest BCUT2D eigenvalue weighted by atomic mass is 15.2. The minimum absolute atomic E-state index is 0.0593. The summed E-state index contributed by atoms with van der Waals surface area (Å²) in [6, 6.07) is 4.16. The number of anilines is 1. The van der Waals surface area contributed by atoms with E-state index < -0.39 is 0 Å². The fourth-order valence-electron chi connectivity index (χ4n) is 1.82. The molecule has 0 bridgehead atoms. The number of hydrogen-bond acceptors (Lipinski definition) is 4. The van der Waals surface area contributed by atoms with Crippen LogP contribution in [0.25, 0.3) is 0 Å². The summed E-state index contributed by atoms with van der Waals surface area (Å²) < 4.78 is 0. The third-order valence-corrected chi connectivity index (χ3v) is 2.93. The first kappa shape index (κ1) is 14.9. The second-order valence-electron chi connectivity index (χ2n) is 5.03. The van der Waals surface area contributed by atoms with E-state index in [2.05, 4.69) is 41.9 Å². The van der Waals surface area contributed by atoms with E-state index in [1.807, 2.05) is 19.2 Å². The van der Waals surface area contributed by atoms with Gasteiger partial charge in [-0.2, -0.15) is 0 Å². The predicted molar refractivity (Wildman–Crippen MR) is 77.9 cm³/mol. The molecule has 0 radical (unpaired) electrons. The van der Waals surface area contributed by atoms with Crippen molar-refractivity contribution in [3.63, 3.8) is 0 Å². The first-order valence-corrected chi connectivity index (χ1v) is 6.65. The monoisotopic (exact) mass is 250 g/mol. The summed E-state index contributed by atoms with van der Waals surface area (Å²) in [5, 5.41) is 0. The van der Waals surface area contributed by atoms with Crippen molar-refractivity contribution < 1.29 is 0 Å². The predicted octanol–water partition coefficient (Wildman–Crippen LogP) is 1.88. The Hall–Kier alpha value is -1.13. The van der Waals surface area contributed by atoms with Crippen LogP contribution >= 0.6 is 0 Å². The van der Waals surface area contributed by atoms with Gasteiger partial charge in [0.15, 0.2) is 0 Å². The molecule has 0 unspecified atom stereocenters. The van der Waals surface area contributed by atoms with Gasteiger partial charge in [-0.25, -0.2) is 4.98 Å². The molecule has 18 heavy (non-hydrogen) atoms. The van der Waals surface area contributed by atoms with Crippen molar-refractivity contribution >= 4 is 5.82 Å². The molecule has 1 atom stereocenters. The van der Waals surface area contributed by atoms with Gasteiger partial charge in [-0.05, 0) is 45.1 Å². The lowest BCUT2D eigenvalue weighted by atomic mass is 10.1. The van der Waals surface area contributed by atoms with E-state index in [4.69, 9.17) is 5.73 Å². The molecule has 0 aliphatic rings. The Morgan fingerprint density at radius 1 is 1.28 bits per heavy atom. The van der Waals surface area contributed by atoms with Crippen molar-refractivity contribution in [2.45, 2.75) is 26.3 Å². The number of hydrogen-bond donors (Lipinski definition) is 1. The molecule has 0 saturated carbocycles. The Bertz CT molecular complexity index is 349. The third kappa shape index (κ3) is 4.63. The van der Waals surface area contributed by atoms with E-state index in [1.165, 1.54) is 0 Å². The average Bonchev–Trinajstić information content (AvgIpc) is 2.34. The number of rotatable bonds is 7. The minimum Gasteiger partial charge on any atom is -0.355 e. The summed E-state index contributed by atoms with van der Waals surface area (Å²) >= 11 is 0. The standard InChI is InChI=1S/C14H26N4/c1-5-8-18(10-9-17(3)4)14-11-13(12(2)15)6-7-16-14/h6-7,11-12H,5,8-10,15H2,1-4H3/t12-/m0/s1. The Balaban J connectivity index is 2.80. The lowest BCUT2D eigenvalue weighted by Gasteiger charge is -2.25. The highest BCUT2D eigenvalue weighted by Crippen LogP contribution is 2.16. The molecular formula is C14H26N4. The highest BCUT2D eigenvalue weighted by molar-refractivity contribution is 5.41. The zero-order valence-corrected chi connectivity index (χ0v) is 12.1. The topological polar surface area (TPSA) is 45.4 Å². The normalized spacial score (nSPS) is 12.8. The van der Waals surface area contributed by atoms with E-state index in [9.17, 15) is 0 Å². The fourth-order valence-corrected chi connectivity index (χ4v) is 1.82. The van der Waals surface area contributed by atoms with Crippen molar-refractivity contribution in [1.29, 1.82) is 0 Å². The molecule has 102 valence electrons. The van der Waals surface area contributed by atoms with Gasteiger partial charge in [-0.1, -0.05) is 6.92 Å². The fraction of sp³-hybridized carbons (Fsp3) is 0.643. The molecule has 1 rings (SSSR count). The average molecular weight is 250 g/mol. The van der Waals surface area contributed by atoms with Crippen LogP contribution in [0.5, 0.6) is 0 Å². The van der Waals surface area contributed by atoms with Crippen LogP contribution < -0.4 is 10.6 Å². The van der Waals surface area contributed by atoms with E-state index in [0.29, 0.717) is 0 Å². The summed E-state index contributed by atoms with van der Waals surface area (Å²) in [4.78, 5) is 8.99. The van der Waals surface area contributed by atoms with Gasteiger partial charge in [-0.15, -0.1) is 0 Å². The van der Waals surface area contributed by atoms with Crippen LogP contribution in [0.15, 0.2) is 18.3 Å². The van der Waals surface area contributed by atoms with Crippen LogP contribution in [-0.4, -0.2) is 43.6 Å². The molecule has 0 fully saturated rings. The van der Waals surface area contributed by atoms with Crippen molar-refractivity contribution in [3.05, 3.63) is 23.9 Å². The maximum absolute atomic E-state index is 5.92. The number of nitrogens with two attached hydrogens (primary N) is 1. The quantitative estimate of drug-likeness (QED) is 0.802. The number of aromatic nitrogens is 1. The molecule has 0 spiro atoms. The SMILES string of the molecule is CCCN(CCN(C)C)c1cc([C@H](C)N)ccn1. The van der Waals surface area contributed by atoms with Crippen LogP contribution in [0.3, 0.4) is 0 Å². The minimum atomic E-state index is 0.0593. The van der Waals surface area contributed by atoms with E-state index in [0.717, 1.165) is 37.4 Å². The van der Waals surface area contributed by atoms with Gasteiger partial charge >= 0.3 is 0 Å². The number of likely N-dealkylation sites (N-methyl/N-ethyl adjacent to an activating group) is 1. The van der Waals surface area contributed by atoms with Crippen LogP contribution in [-0.2, 0) is 0 Å². The van der Waals surface area contributed by atoms with E-state index in [-0.39, 0.29) is 6.04 Å². The molecule has 0 aliphatic heterocycles. The molecule has 0 aromatic carbocycles. The zero-order valence-electron chi connectivity index (χ0n) is 12.1. The van der Waals surface area contributed by atoms with Crippen LogP contribution in [0.2, 0.25) is 0 Å². The highest BCUT2D eigenvalue weighted by Gasteiger charge is 2.09. The maximum Gasteiger partial charge on any atom is 0.128 e. The molecule has 1 aromatic heterocycles. The van der Waals surface area contributed by atoms with Crippen molar-refractivity contribution in [2.24, 2.45) is 5.73 Å². The largest absolute Gasteiger partial charge is 0.355 e. The molecule has 2 N–H and O–H groups in total. The summed E-state index contributed by atoms with van der Waals surface area (Å²) in [5.74, 6) is 1.04. The molecular weight excluding hydrogens is 224 g/mol. The number of nitrogens with zero attached hydrogens (tertiary/aromatic N) is 3. The first-order chi connectivity index (χ1) is 8.54. The molecule has 0 saturated heterocycles. The van der Waals surface area contributed by atoms with Gasteiger partial charge in [0, 0.05) is 31.9 Å². The van der Waals surface area contributed by atoms with Gasteiger partial charge < -0.3 is 15.5 Å². The lowest BCUT2D eigenvalue weighted by Crippen LogP contribution is -2.33.